The molecule has 1 aromatic heterocycles. The van der Waals surface area contributed by atoms with Crippen LogP contribution < -0.4 is 9.38 Å². The van der Waals surface area contributed by atoms with Gasteiger partial charge in [-0.3, -0.25) is 9.44 Å². The molecular weight excluding hydrogens is 394 g/mol. The number of nitrogens with zero attached hydrogens (tertiary/aromatic N) is 3. The number of quaternary nitrogens is 1. The molecule has 0 N–H and O–H groups in total. The van der Waals surface area contributed by atoms with E-state index in [0.29, 0.717) is 29.2 Å². The molecule has 0 saturated carbocycles. The molecule has 2 heterocycles. The van der Waals surface area contributed by atoms with Crippen LogP contribution in [-0.4, -0.2) is 48.3 Å². The molecule has 0 spiro atoms. The summed E-state index contributed by atoms with van der Waals surface area (Å²) in [6.07, 6.45) is -0.883. The lowest BCUT2D eigenvalue weighted by molar-refractivity contribution is 0.0177. The van der Waals surface area contributed by atoms with Crippen molar-refractivity contribution in [2.24, 2.45) is 5.41 Å². The van der Waals surface area contributed by atoms with Crippen LogP contribution in [0, 0.1) is 10.6 Å². The number of thiazole rings is 1. The minimum atomic E-state index is -1.02. The van der Waals surface area contributed by atoms with Crippen LogP contribution >= 0.6 is 11.3 Å². The van der Waals surface area contributed by atoms with Gasteiger partial charge in [0, 0.05) is 6.42 Å². The van der Waals surface area contributed by atoms with Gasteiger partial charge in [-0.15, -0.1) is 0 Å². The Hall–Kier alpha value is -2.33. The van der Waals surface area contributed by atoms with Gasteiger partial charge in [0.05, 0.1) is 17.1 Å². The number of benzene rings is 1. The third-order valence-corrected chi connectivity index (χ3v) is 6.36. The minimum absolute atomic E-state index is 0.0140. The first kappa shape index (κ1) is 20.0. The Morgan fingerprint density at radius 3 is 2.76 bits per heavy atom. The number of aromatic nitrogens is 1. The topological polar surface area (TPSA) is 91.8 Å². The molecule has 1 aliphatic carbocycles. The van der Waals surface area contributed by atoms with E-state index in [1.165, 1.54) is 0 Å². The number of carbonyl (C=O) groups excluding carboxylic acids is 2. The van der Waals surface area contributed by atoms with Gasteiger partial charge < -0.3 is 14.7 Å². The number of hydroxylamine groups is 2. The van der Waals surface area contributed by atoms with Gasteiger partial charge in [0.15, 0.2) is 5.78 Å². The zero-order valence-electron chi connectivity index (χ0n) is 16.6. The van der Waals surface area contributed by atoms with Crippen LogP contribution in [0.2, 0.25) is 0 Å². The van der Waals surface area contributed by atoms with Crippen molar-refractivity contribution in [1.82, 2.24) is 14.5 Å². The molecule has 8 nitrogen and oxygen atoms in total. The van der Waals surface area contributed by atoms with Crippen molar-refractivity contribution in [1.29, 1.82) is 0 Å². The Bertz CT molecular complexity index is 945. The highest BCUT2D eigenvalue weighted by Crippen LogP contribution is 2.42. The Balaban J connectivity index is 1.57. The molecule has 1 aromatic carbocycles. The molecular formula is C20H23N3O5S. The zero-order valence-corrected chi connectivity index (χ0v) is 17.4. The number of likely N-dealkylation sites (N-methyl/N-ethyl adjacent to an activating group) is 1. The molecule has 0 amide bonds. The SMILES string of the molecule is CN1CC(OC(=O)Oc2ccccc2)[N+]([O-])(c2nc3c(s2)C(=O)CC(C)(C)C3)C1. The van der Waals surface area contributed by atoms with Crippen LogP contribution in [0.3, 0.4) is 0 Å². The molecule has 29 heavy (non-hydrogen) atoms. The number of hydrogen-bond acceptors (Lipinski definition) is 8. The summed E-state index contributed by atoms with van der Waals surface area (Å²) in [5.74, 6) is 0.352. The fourth-order valence-corrected chi connectivity index (χ4v) is 4.89. The average Bonchev–Trinajstić information content (AvgIpc) is 3.17. The Morgan fingerprint density at radius 2 is 2.03 bits per heavy atom. The van der Waals surface area contributed by atoms with Crippen molar-refractivity contribution in [3.8, 4) is 5.75 Å². The maximum atomic E-state index is 13.7. The fraction of sp³-hybridized carbons (Fsp3) is 0.450. The van der Waals surface area contributed by atoms with Crippen LogP contribution in [0.4, 0.5) is 9.93 Å². The summed E-state index contributed by atoms with van der Waals surface area (Å²) >= 11 is 1.12. The molecule has 2 aliphatic rings. The van der Waals surface area contributed by atoms with Crippen LogP contribution in [0.25, 0.3) is 0 Å². The lowest BCUT2D eigenvalue weighted by Crippen LogP contribution is -2.51. The minimum Gasteiger partial charge on any atom is -0.622 e. The van der Waals surface area contributed by atoms with Gasteiger partial charge in [0.2, 0.25) is 0 Å². The first-order valence-corrected chi connectivity index (χ1v) is 10.2. The van der Waals surface area contributed by atoms with Crippen molar-refractivity contribution in [2.45, 2.75) is 32.9 Å². The molecule has 154 valence electrons. The van der Waals surface area contributed by atoms with Gasteiger partial charge in [-0.2, -0.15) is 4.98 Å². The molecule has 1 fully saturated rings. The molecule has 9 heteroatoms. The third-order valence-electron chi connectivity index (χ3n) is 5.11. The summed E-state index contributed by atoms with van der Waals surface area (Å²) in [5, 5.41) is 14.0. The Labute approximate surface area is 172 Å². The summed E-state index contributed by atoms with van der Waals surface area (Å²) in [6, 6.07) is 8.53. The smallest absolute Gasteiger partial charge is 0.518 e. The van der Waals surface area contributed by atoms with Gasteiger partial charge in [-0.25, -0.2) is 9.69 Å². The van der Waals surface area contributed by atoms with Gasteiger partial charge in [0.1, 0.15) is 12.4 Å². The molecule has 2 atom stereocenters. The monoisotopic (exact) mass is 417 g/mol. The van der Waals surface area contributed by atoms with Gasteiger partial charge in [-0.05, 0) is 31.0 Å². The predicted octanol–water partition coefficient (Wildman–Crippen LogP) is 3.55. The Morgan fingerprint density at radius 1 is 1.31 bits per heavy atom. The average molecular weight is 417 g/mol. The Kier molecular flexibility index (Phi) is 4.94. The second-order valence-electron chi connectivity index (χ2n) is 8.43. The number of carbonyl (C=O) groups is 2. The fourth-order valence-electron chi connectivity index (χ4n) is 3.80. The second-order valence-corrected chi connectivity index (χ2v) is 9.40. The second kappa shape index (κ2) is 7.17. The van der Waals surface area contributed by atoms with Crippen molar-refractivity contribution in [3.05, 3.63) is 46.1 Å². The summed E-state index contributed by atoms with van der Waals surface area (Å²) in [6.45, 7) is 4.36. The van der Waals surface area contributed by atoms with E-state index in [1.807, 2.05) is 13.8 Å². The van der Waals surface area contributed by atoms with E-state index >= 15 is 0 Å². The van der Waals surface area contributed by atoms with E-state index < -0.39 is 17.0 Å². The van der Waals surface area contributed by atoms with E-state index in [4.69, 9.17) is 9.47 Å². The summed E-state index contributed by atoms with van der Waals surface area (Å²) < 4.78 is 9.62. The van der Waals surface area contributed by atoms with E-state index in [2.05, 4.69) is 4.98 Å². The number of Topliss-reactive ketones (excluding diaryl/α,β-unsaturated/α-hetero) is 1. The van der Waals surface area contributed by atoms with Crippen molar-refractivity contribution in [3.63, 3.8) is 0 Å². The first-order chi connectivity index (χ1) is 13.7. The first-order valence-electron chi connectivity index (χ1n) is 9.41. The van der Waals surface area contributed by atoms with Crippen molar-refractivity contribution >= 4 is 28.4 Å². The highest BCUT2D eigenvalue weighted by atomic mass is 32.1. The van der Waals surface area contributed by atoms with Crippen LogP contribution in [0.15, 0.2) is 30.3 Å². The summed E-state index contributed by atoms with van der Waals surface area (Å²) in [7, 11) is 1.78. The van der Waals surface area contributed by atoms with E-state index in [0.717, 1.165) is 11.3 Å². The van der Waals surface area contributed by atoms with Gasteiger partial charge in [0.25, 0.3) is 11.4 Å². The number of ketones is 1. The molecule has 1 saturated heterocycles. The lowest BCUT2D eigenvalue weighted by Gasteiger charge is -2.38. The maximum absolute atomic E-state index is 13.7. The molecule has 1 aliphatic heterocycles. The number of rotatable bonds is 3. The van der Waals surface area contributed by atoms with Gasteiger partial charge >= 0.3 is 6.16 Å². The van der Waals surface area contributed by atoms with E-state index in [-0.39, 0.29) is 29.5 Å². The van der Waals surface area contributed by atoms with Crippen LogP contribution in [-0.2, 0) is 11.2 Å². The van der Waals surface area contributed by atoms with Crippen molar-refractivity contribution < 1.29 is 19.1 Å². The van der Waals surface area contributed by atoms with Crippen LogP contribution in [0.1, 0.15) is 35.6 Å². The quantitative estimate of drug-likeness (QED) is 0.326. The number of ether oxygens (including phenoxy) is 2. The summed E-state index contributed by atoms with van der Waals surface area (Å²) in [4.78, 5) is 31.6. The highest BCUT2D eigenvalue weighted by molar-refractivity contribution is 7.17. The molecule has 2 unspecified atom stereocenters. The summed E-state index contributed by atoms with van der Waals surface area (Å²) in [5.41, 5.74) is 0.486. The van der Waals surface area contributed by atoms with Crippen molar-refractivity contribution in [2.75, 3.05) is 20.3 Å². The number of para-hydroxylation sites is 1. The largest absolute Gasteiger partial charge is 0.622 e. The number of hydrogen-bond donors (Lipinski definition) is 0. The molecule has 4 rings (SSSR count). The maximum Gasteiger partial charge on any atom is 0.518 e. The highest BCUT2D eigenvalue weighted by Gasteiger charge is 2.47. The standard InChI is InChI=1S/C20H23N3O5S/c1-20(2)9-14-17(15(24)10-20)29-18(21-14)23(26)12-22(3)11-16(23)28-19(25)27-13-7-5-4-6-8-13/h4-8,16H,9-12H2,1-3H3. The molecule has 0 bridgehead atoms. The normalized spacial score (nSPS) is 26.2. The zero-order chi connectivity index (χ0) is 20.8. The molecule has 0 radical (unpaired) electrons. The molecule has 2 aromatic rings. The van der Waals surface area contributed by atoms with Crippen LogP contribution in [0.5, 0.6) is 5.75 Å². The van der Waals surface area contributed by atoms with E-state index in [9.17, 15) is 14.8 Å². The predicted molar refractivity (Wildman–Crippen MR) is 109 cm³/mol. The third kappa shape index (κ3) is 3.91. The van der Waals surface area contributed by atoms with E-state index in [1.54, 1.807) is 42.3 Å². The van der Waals surface area contributed by atoms with Gasteiger partial charge in [-0.1, -0.05) is 43.4 Å². The number of fused-ring (bicyclic) bond motifs is 1. The lowest BCUT2D eigenvalue weighted by atomic mass is 9.78.